The number of pyridine rings is 1. The SMILES string of the molecule is CC(C)CN1CCOc2c(F)cc(-c3nc(Cc4ccc(N5CCC(O)CC5)cn4)ncc3F)cc21. The Balaban J connectivity index is 1.38. The van der Waals surface area contributed by atoms with Gasteiger partial charge in [-0.1, -0.05) is 13.8 Å². The van der Waals surface area contributed by atoms with E-state index in [-0.39, 0.29) is 17.5 Å². The Morgan fingerprint density at radius 2 is 1.86 bits per heavy atom. The van der Waals surface area contributed by atoms with Crippen molar-refractivity contribution in [3.63, 3.8) is 0 Å². The van der Waals surface area contributed by atoms with Gasteiger partial charge in [0.1, 0.15) is 18.1 Å². The number of nitrogens with zero attached hydrogens (tertiary/aromatic N) is 5. The molecule has 0 bridgehead atoms. The number of benzene rings is 1. The Morgan fingerprint density at radius 3 is 2.58 bits per heavy atom. The van der Waals surface area contributed by atoms with E-state index in [9.17, 15) is 13.9 Å². The molecule has 0 saturated carbocycles. The normalized spacial score (nSPS) is 16.3. The number of hydrogen-bond acceptors (Lipinski definition) is 7. The van der Waals surface area contributed by atoms with Gasteiger partial charge in [0.25, 0.3) is 0 Å². The highest BCUT2D eigenvalue weighted by Gasteiger charge is 2.25. The molecule has 5 rings (SSSR count). The lowest BCUT2D eigenvalue weighted by Gasteiger charge is -2.33. The quantitative estimate of drug-likeness (QED) is 0.549. The molecule has 0 radical (unpaired) electrons. The summed E-state index contributed by atoms with van der Waals surface area (Å²) in [5, 5.41) is 9.72. The van der Waals surface area contributed by atoms with Gasteiger partial charge in [-0.15, -0.1) is 0 Å². The monoisotopic (exact) mass is 495 g/mol. The molecule has 2 aliphatic rings. The van der Waals surface area contributed by atoms with Crippen LogP contribution in [-0.4, -0.2) is 58.9 Å². The predicted molar refractivity (Wildman–Crippen MR) is 134 cm³/mol. The summed E-state index contributed by atoms with van der Waals surface area (Å²) in [6, 6.07) is 6.92. The molecule has 1 saturated heterocycles. The van der Waals surface area contributed by atoms with Crippen LogP contribution in [0, 0.1) is 17.6 Å². The number of anilines is 2. The van der Waals surface area contributed by atoms with Gasteiger partial charge < -0.3 is 19.6 Å². The van der Waals surface area contributed by atoms with Crippen molar-refractivity contribution in [2.45, 2.75) is 39.2 Å². The van der Waals surface area contributed by atoms with Crippen LogP contribution < -0.4 is 14.5 Å². The summed E-state index contributed by atoms with van der Waals surface area (Å²) >= 11 is 0. The maximum absolute atomic E-state index is 15.0. The van der Waals surface area contributed by atoms with Gasteiger partial charge in [0, 0.05) is 30.9 Å². The van der Waals surface area contributed by atoms with Gasteiger partial charge in [-0.25, -0.2) is 18.7 Å². The van der Waals surface area contributed by atoms with Crippen molar-refractivity contribution < 1.29 is 18.6 Å². The molecule has 0 atom stereocenters. The molecule has 0 unspecified atom stereocenters. The number of aromatic nitrogens is 3. The van der Waals surface area contributed by atoms with E-state index in [1.807, 2.05) is 12.1 Å². The second-order valence-electron chi connectivity index (χ2n) is 9.88. The third kappa shape index (κ3) is 5.26. The molecule has 4 heterocycles. The van der Waals surface area contributed by atoms with Crippen LogP contribution in [0.3, 0.4) is 0 Å². The van der Waals surface area contributed by atoms with Gasteiger partial charge in [0.05, 0.1) is 42.8 Å². The maximum Gasteiger partial charge on any atom is 0.178 e. The molecule has 190 valence electrons. The van der Waals surface area contributed by atoms with Crippen LogP contribution in [0.15, 0.2) is 36.7 Å². The van der Waals surface area contributed by atoms with Gasteiger partial charge >= 0.3 is 0 Å². The fourth-order valence-corrected chi connectivity index (χ4v) is 4.79. The number of aliphatic hydroxyl groups is 1. The Bertz CT molecular complexity index is 1210. The highest BCUT2D eigenvalue weighted by Crippen LogP contribution is 2.38. The summed E-state index contributed by atoms with van der Waals surface area (Å²) in [4.78, 5) is 17.4. The van der Waals surface area contributed by atoms with Crippen LogP contribution in [0.5, 0.6) is 5.75 Å². The lowest BCUT2D eigenvalue weighted by Crippen LogP contribution is -2.35. The molecule has 9 heteroatoms. The highest BCUT2D eigenvalue weighted by atomic mass is 19.1. The van der Waals surface area contributed by atoms with E-state index >= 15 is 0 Å². The Morgan fingerprint density at radius 1 is 1.06 bits per heavy atom. The summed E-state index contributed by atoms with van der Waals surface area (Å²) in [5.41, 5.74) is 2.78. The van der Waals surface area contributed by atoms with E-state index in [0.29, 0.717) is 42.6 Å². The van der Waals surface area contributed by atoms with Crippen LogP contribution in [0.1, 0.15) is 38.2 Å². The van der Waals surface area contributed by atoms with Crippen molar-refractivity contribution in [2.24, 2.45) is 5.92 Å². The molecule has 1 aromatic carbocycles. The van der Waals surface area contributed by atoms with Crippen molar-refractivity contribution in [3.05, 3.63) is 59.8 Å². The number of ether oxygens (including phenoxy) is 1. The maximum atomic E-state index is 15.0. The van der Waals surface area contributed by atoms with Gasteiger partial charge in [-0.2, -0.15) is 0 Å². The second kappa shape index (κ2) is 10.3. The van der Waals surface area contributed by atoms with Crippen LogP contribution in [0.25, 0.3) is 11.3 Å². The number of piperidine rings is 1. The molecule has 2 aliphatic heterocycles. The van der Waals surface area contributed by atoms with E-state index in [1.165, 1.54) is 6.07 Å². The number of halogens is 2. The minimum absolute atomic E-state index is 0.0558. The van der Waals surface area contributed by atoms with Crippen molar-refractivity contribution in [1.29, 1.82) is 0 Å². The summed E-state index contributed by atoms with van der Waals surface area (Å²) in [6.07, 6.45) is 4.52. The first-order chi connectivity index (χ1) is 17.4. The van der Waals surface area contributed by atoms with E-state index in [4.69, 9.17) is 4.74 Å². The van der Waals surface area contributed by atoms with Crippen LogP contribution in [0.2, 0.25) is 0 Å². The minimum atomic E-state index is -0.610. The molecule has 0 amide bonds. The smallest absolute Gasteiger partial charge is 0.178 e. The molecule has 3 aromatic rings. The van der Waals surface area contributed by atoms with E-state index in [0.717, 1.165) is 50.1 Å². The van der Waals surface area contributed by atoms with Crippen molar-refractivity contribution in [2.75, 3.05) is 42.6 Å². The zero-order valence-electron chi connectivity index (χ0n) is 20.6. The first-order valence-electron chi connectivity index (χ1n) is 12.5. The molecular weight excluding hydrogens is 464 g/mol. The molecule has 7 nitrogen and oxygen atoms in total. The van der Waals surface area contributed by atoms with Crippen LogP contribution in [0.4, 0.5) is 20.2 Å². The van der Waals surface area contributed by atoms with Gasteiger partial charge in [0.15, 0.2) is 17.4 Å². The lowest BCUT2D eigenvalue weighted by molar-refractivity contribution is 0.145. The van der Waals surface area contributed by atoms with Crippen molar-refractivity contribution in [1.82, 2.24) is 15.0 Å². The van der Waals surface area contributed by atoms with Gasteiger partial charge in [-0.05, 0) is 43.0 Å². The third-order valence-electron chi connectivity index (χ3n) is 6.60. The Kier molecular flexibility index (Phi) is 7.00. The molecule has 0 aliphatic carbocycles. The van der Waals surface area contributed by atoms with Crippen molar-refractivity contribution >= 4 is 11.4 Å². The first-order valence-corrected chi connectivity index (χ1v) is 12.5. The topological polar surface area (TPSA) is 74.6 Å². The Labute approximate surface area is 209 Å². The number of rotatable bonds is 6. The van der Waals surface area contributed by atoms with E-state index < -0.39 is 11.6 Å². The van der Waals surface area contributed by atoms with E-state index in [2.05, 4.69) is 38.6 Å². The van der Waals surface area contributed by atoms with Gasteiger partial charge in [0.2, 0.25) is 0 Å². The zero-order valence-corrected chi connectivity index (χ0v) is 20.6. The van der Waals surface area contributed by atoms with Crippen molar-refractivity contribution in [3.8, 4) is 17.0 Å². The molecule has 1 fully saturated rings. The summed E-state index contributed by atoms with van der Waals surface area (Å²) in [6.45, 7) is 7.59. The summed E-state index contributed by atoms with van der Waals surface area (Å²) in [5.74, 6) is -0.154. The molecule has 36 heavy (non-hydrogen) atoms. The fraction of sp³-hybridized carbons (Fsp3) is 0.444. The average Bonchev–Trinajstić information content (AvgIpc) is 2.86. The first kappa shape index (κ1) is 24.4. The summed E-state index contributed by atoms with van der Waals surface area (Å²) < 4.78 is 35.4. The standard InChI is InChI=1S/C27H31F2N5O2/c1-17(2)16-34-9-10-36-27-22(28)11-18(12-24(27)34)26-23(29)15-31-25(32-26)13-19-3-4-20(14-30-19)33-7-5-21(35)6-8-33/h3-4,11-12,14-15,17,21,35H,5-10,13,16H2,1-2H3. The summed E-state index contributed by atoms with van der Waals surface area (Å²) in [7, 11) is 0. The fourth-order valence-electron chi connectivity index (χ4n) is 4.79. The third-order valence-corrected chi connectivity index (χ3v) is 6.60. The zero-order chi connectivity index (χ0) is 25.2. The number of fused-ring (bicyclic) bond motifs is 1. The number of aliphatic hydroxyl groups excluding tert-OH is 1. The lowest BCUT2D eigenvalue weighted by atomic mass is 10.1. The van der Waals surface area contributed by atoms with E-state index in [1.54, 1.807) is 12.3 Å². The predicted octanol–water partition coefficient (Wildman–Crippen LogP) is 4.22. The van der Waals surface area contributed by atoms with Crippen LogP contribution >= 0.6 is 0 Å². The highest BCUT2D eigenvalue weighted by molar-refractivity contribution is 5.72. The molecule has 2 aromatic heterocycles. The molecule has 0 spiro atoms. The molecular formula is C27H31F2N5O2. The average molecular weight is 496 g/mol. The largest absolute Gasteiger partial charge is 0.486 e. The number of hydrogen-bond donors (Lipinski definition) is 1. The van der Waals surface area contributed by atoms with Crippen LogP contribution in [-0.2, 0) is 6.42 Å². The second-order valence-corrected chi connectivity index (χ2v) is 9.88. The molecule has 1 N–H and O–H groups in total. The van der Waals surface area contributed by atoms with Gasteiger partial charge in [-0.3, -0.25) is 4.98 Å². The Hall–Kier alpha value is -3.33. The minimum Gasteiger partial charge on any atom is -0.486 e.